The van der Waals surface area contributed by atoms with Gasteiger partial charge in [-0.1, -0.05) is 54.0 Å². The molecular weight excluding hydrogens is 991 g/mol. The van der Waals surface area contributed by atoms with Gasteiger partial charge in [0.25, 0.3) is 0 Å². The summed E-state index contributed by atoms with van der Waals surface area (Å²) in [5, 5.41) is 33.5. The first-order valence-electron chi connectivity index (χ1n) is 25.2. The van der Waals surface area contributed by atoms with Gasteiger partial charge in [0, 0.05) is 75.7 Å². The number of thioether (sulfide) groups is 1. The van der Waals surface area contributed by atoms with E-state index in [4.69, 9.17) is 21.3 Å². The lowest BCUT2D eigenvalue weighted by Gasteiger charge is -2.40. The number of carbonyl (C=O) groups excluding carboxylic acids is 8. The first-order valence-corrected chi connectivity index (χ1v) is 29.1. The molecule has 1 saturated heterocycles. The standard InChI is InChI=1S/C52H77N7O13SSi/c1-12-14-15-32(60)22-38(50(68)59-26-33(61)23-40(59)51(69)70)57-47(65)39-27-73-42-21-31-20-34(71-9)16-17-35(31)36(42)24-37(56-48(66)45(53)29(4)30(5)72-74(10,11)52(6,7)8)41(62)18-19-43(63)58-46(28(3)13-2)49(67)54-25-44(64)55-39/h1,16-17,20,28-30,33,37-40,45-46,61H,13-15,18-19,21-27,53H2,2-11H3,(H,54,67)(H,55,64)(H,56,66)(H,57,65)(H,58,63)(H,69,70)/t28-,29-,30-,33+,37+,38+,39+,40-,45-,46-/m0/s1. The fourth-order valence-electron chi connectivity index (χ4n) is 8.68. The zero-order chi connectivity index (χ0) is 55.4. The number of nitrogens with zero attached hydrogens (tertiary/aromatic N) is 1. The Morgan fingerprint density at radius 1 is 1.05 bits per heavy atom. The van der Waals surface area contributed by atoms with Gasteiger partial charge in [0.2, 0.25) is 35.4 Å². The lowest BCUT2D eigenvalue weighted by Crippen LogP contribution is -2.58. The largest absolute Gasteiger partial charge is 0.497 e. The maximum absolute atomic E-state index is 14.6. The van der Waals surface area contributed by atoms with Gasteiger partial charge < -0.3 is 56.6 Å². The number of aliphatic carboxylic acids is 1. The molecule has 1 fully saturated rings. The topological polar surface area (TPSA) is 302 Å². The first kappa shape index (κ1) is 60.9. The molecule has 2 aliphatic heterocycles. The highest BCUT2D eigenvalue weighted by Gasteiger charge is 2.44. The van der Waals surface area contributed by atoms with E-state index in [-0.39, 0.29) is 62.3 Å². The normalized spacial score (nSPS) is 23.4. The third kappa shape index (κ3) is 16.2. The Kier molecular flexibility index (Phi) is 22.0. The number of benzene rings is 1. The summed E-state index contributed by atoms with van der Waals surface area (Å²) in [4.78, 5) is 125. The highest BCUT2D eigenvalue weighted by molar-refractivity contribution is 8.03. The van der Waals surface area contributed by atoms with Crippen molar-refractivity contribution in [3.63, 3.8) is 0 Å². The predicted molar refractivity (Wildman–Crippen MR) is 281 cm³/mol. The van der Waals surface area contributed by atoms with Gasteiger partial charge in [-0.05, 0) is 64.7 Å². The number of aliphatic hydroxyl groups is 1. The highest BCUT2D eigenvalue weighted by atomic mass is 32.2. The summed E-state index contributed by atoms with van der Waals surface area (Å²) in [6.07, 6.45) is 2.72. The van der Waals surface area contributed by atoms with Crippen molar-refractivity contribution in [2.45, 2.75) is 173 Å². The van der Waals surface area contributed by atoms with Crippen LogP contribution in [0, 0.1) is 24.2 Å². The van der Waals surface area contributed by atoms with Crippen molar-refractivity contribution in [2.75, 3.05) is 26.0 Å². The number of aliphatic hydroxyl groups excluding tert-OH is 1. The van der Waals surface area contributed by atoms with E-state index in [9.17, 15) is 53.4 Å². The molecule has 0 unspecified atom stereocenters. The number of β-amino-alcohol motifs (C(OH)–C–C–N with tert-alkyl or cyclic N) is 1. The number of carboxylic acid groups (broad SMARTS) is 1. The van der Waals surface area contributed by atoms with Crippen molar-refractivity contribution in [3.8, 4) is 18.1 Å². The minimum atomic E-state index is -2.29. The number of ether oxygens (including phenoxy) is 1. The minimum absolute atomic E-state index is 0.0236. The van der Waals surface area contributed by atoms with E-state index in [0.717, 1.165) is 22.2 Å². The molecular formula is C52H77N7O13SSi. The molecule has 6 amide bonds. The van der Waals surface area contributed by atoms with Crippen LogP contribution >= 0.6 is 11.8 Å². The fourth-order valence-corrected chi connectivity index (χ4v) is 11.4. The van der Waals surface area contributed by atoms with E-state index in [1.54, 1.807) is 19.9 Å². The number of nitrogens with two attached hydrogens (primary N) is 1. The molecule has 2 heterocycles. The molecule has 3 aliphatic rings. The Morgan fingerprint density at radius 2 is 1.74 bits per heavy atom. The number of fused-ring (bicyclic) bond motifs is 2. The molecule has 0 bridgehead atoms. The maximum atomic E-state index is 14.6. The number of ketones is 2. The molecule has 0 radical (unpaired) electrons. The molecule has 10 atom stereocenters. The van der Waals surface area contributed by atoms with Gasteiger partial charge in [-0.2, -0.15) is 0 Å². The van der Waals surface area contributed by atoms with E-state index in [1.165, 1.54) is 7.11 Å². The summed E-state index contributed by atoms with van der Waals surface area (Å²) in [6, 6.07) is -2.69. The molecule has 1 aliphatic carbocycles. The van der Waals surface area contributed by atoms with E-state index >= 15 is 0 Å². The molecule has 1 aromatic carbocycles. The monoisotopic (exact) mass is 1070 g/mol. The lowest BCUT2D eigenvalue weighted by molar-refractivity contribution is -0.149. The number of amides is 6. The van der Waals surface area contributed by atoms with Crippen LogP contribution in [0.3, 0.4) is 0 Å². The van der Waals surface area contributed by atoms with Crippen LogP contribution < -0.4 is 37.1 Å². The summed E-state index contributed by atoms with van der Waals surface area (Å²) in [5.41, 5.74) is 8.77. The van der Waals surface area contributed by atoms with E-state index in [2.05, 4.69) is 66.4 Å². The second-order valence-electron chi connectivity index (χ2n) is 21.1. The zero-order valence-electron chi connectivity index (χ0n) is 44.4. The van der Waals surface area contributed by atoms with Crippen molar-refractivity contribution < 1.29 is 62.5 Å². The van der Waals surface area contributed by atoms with Crippen LogP contribution in [0.4, 0.5) is 0 Å². The van der Waals surface area contributed by atoms with Gasteiger partial charge in [-0.3, -0.25) is 38.4 Å². The Hall–Kier alpha value is -5.60. The zero-order valence-corrected chi connectivity index (χ0v) is 46.2. The number of terminal acetylenes is 1. The molecule has 0 aromatic heterocycles. The molecule has 1 aromatic rings. The third-order valence-electron chi connectivity index (χ3n) is 14.7. The molecule has 408 valence electrons. The lowest BCUT2D eigenvalue weighted by atomic mass is 9.93. The van der Waals surface area contributed by atoms with Gasteiger partial charge in [-0.25, -0.2) is 4.79 Å². The van der Waals surface area contributed by atoms with Gasteiger partial charge in [-0.15, -0.1) is 24.1 Å². The summed E-state index contributed by atoms with van der Waals surface area (Å²) in [6.45, 7) is 16.7. The van der Waals surface area contributed by atoms with E-state index in [1.807, 2.05) is 26.0 Å². The van der Waals surface area contributed by atoms with Crippen LogP contribution in [-0.4, -0.2) is 151 Å². The number of likely N-dealkylation sites (tertiary alicyclic amines) is 1. The Labute approximate surface area is 439 Å². The number of hydrogen-bond donors (Lipinski definition) is 8. The van der Waals surface area contributed by atoms with Gasteiger partial charge >= 0.3 is 5.97 Å². The number of nitrogens with one attached hydrogen (secondary N) is 5. The molecule has 4 rings (SSSR count). The molecule has 0 spiro atoms. The van der Waals surface area contributed by atoms with Crippen LogP contribution in [0.15, 0.2) is 23.1 Å². The van der Waals surface area contributed by atoms with E-state index in [0.29, 0.717) is 28.2 Å². The van der Waals surface area contributed by atoms with Crippen molar-refractivity contribution in [2.24, 2.45) is 17.6 Å². The number of rotatable bonds is 17. The van der Waals surface area contributed by atoms with Crippen LogP contribution in [-0.2, 0) is 54.0 Å². The smallest absolute Gasteiger partial charge is 0.326 e. The van der Waals surface area contributed by atoms with Crippen molar-refractivity contribution in [3.05, 3.63) is 34.2 Å². The average molecular weight is 1070 g/mol. The quantitative estimate of drug-likeness (QED) is 0.0821. The van der Waals surface area contributed by atoms with Crippen molar-refractivity contribution in [1.82, 2.24) is 31.5 Å². The molecule has 74 heavy (non-hydrogen) atoms. The number of methoxy groups -OCH3 is 1. The van der Waals surface area contributed by atoms with Crippen molar-refractivity contribution in [1.29, 1.82) is 0 Å². The van der Waals surface area contributed by atoms with Crippen LogP contribution in [0.2, 0.25) is 18.1 Å². The number of Topliss-reactive ketones (excluding diaryl/α,β-unsaturated/α-hetero) is 2. The molecule has 0 saturated carbocycles. The number of allylic oxidation sites excluding steroid dienone is 1. The SMILES string of the molecule is C#CCCC(=O)C[C@@H](NC(=O)[C@H]1CSC2=C(C[C@@H](NC(=O)[C@@H](N)[C@@H](C)[C@H](C)O[Si](C)(C)C(C)(C)C)C(=O)CCC(=O)N[C@@H]([C@@H](C)CC)C(=O)NCC(=O)N1)c1ccc(OC)cc1C2)C(=O)N1C[C@H](O)C[C@H]1C(=O)O. The fraction of sp³-hybridized carbons (Fsp3) is 0.635. The Bertz CT molecular complexity index is 2370. The minimum Gasteiger partial charge on any atom is -0.497 e. The van der Waals surface area contributed by atoms with E-state index < -0.39 is 135 Å². The number of hydrogen-bond acceptors (Lipinski definition) is 14. The first-order chi connectivity index (χ1) is 34.6. The summed E-state index contributed by atoms with van der Waals surface area (Å²) < 4.78 is 12.1. The maximum Gasteiger partial charge on any atom is 0.326 e. The average Bonchev–Trinajstić information content (AvgIpc) is 3.91. The summed E-state index contributed by atoms with van der Waals surface area (Å²) in [5.74, 6) is -5.34. The van der Waals surface area contributed by atoms with Crippen LogP contribution in [0.25, 0.3) is 5.57 Å². The van der Waals surface area contributed by atoms with Gasteiger partial charge in [0.05, 0.1) is 31.8 Å². The Morgan fingerprint density at radius 3 is 2.36 bits per heavy atom. The molecule has 22 heteroatoms. The van der Waals surface area contributed by atoms with Gasteiger partial charge in [0.1, 0.15) is 35.7 Å². The summed E-state index contributed by atoms with van der Waals surface area (Å²) in [7, 11) is -0.778. The molecule has 20 nitrogen and oxygen atoms in total. The Balaban J connectivity index is 1.80. The second kappa shape index (κ2) is 26.7. The summed E-state index contributed by atoms with van der Waals surface area (Å²) >= 11 is 1.14. The predicted octanol–water partition coefficient (Wildman–Crippen LogP) is 2.34. The third-order valence-corrected chi connectivity index (χ3v) is 20.5. The van der Waals surface area contributed by atoms with Crippen LogP contribution in [0.1, 0.15) is 111 Å². The van der Waals surface area contributed by atoms with Gasteiger partial charge in [0.15, 0.2) is 14.1 Å². The van der Waals surface area contributed by atoms with Crippen molar-refractivity contribution >= 4 is 78.6 Å². The number of carboxylic acids is 1. The van der Waals surface area contributed by atoms with Crippen LogP contribution in [0.5, 0.6) is 5.75 Å². The second-order valence-corrected chi connectivity index (χ2v) is 27.0. The molecule has 9 N–H and O–H groups in total. The highest BCUT2D eigenvalue weighted by Crippen LogP contribution is 2.43. The number of carbonyl (C=O) groups is 9.